The van der Waals surface area contributed by atoms with Gasteiger partial charge in [-0.3, -0.25) is 0 Å². The average molecular weight is 233 g/mol. The van der Waals surface area contributed by atoms with Gasteiger partial charge in [0, 0.05) is 5.56 Å². The van der Waals surface area contributed by atoms with Crippen LogP contribution in [0.4, 0.5) is 0 Å². The van der Waals surface area contributed by atoms with Gasteiger partial charge >= 0.3 is 0 Å². The number of alkyl halides is 1. The van der Waals surface area contributed by atoms with Crippen LogP contribution in [0.3, 0.4) is 0 Å². The minimum atomic E-state index is 0.729. The number of hydrogen-bond acceptors (Lipinski definition) is 3. The highest BCUT2D eigenvalue weighted by atomic mass is 79.9. The molecule has 0 saturated carbocycles. The molecule has 0 unspecified atom stereocenters. The largest absolute Gasteiger partial charge is 0.196 e. The summed E-state index contributed by atoms with van der Waals surface area (Å²) in [5, 5.41) is 8.45. The molecule has 0 aromatic carbocycles. The Morgan fingerprint density at radius 2 is 2.00 bits per heavy atom. The summed E-state index contributed by atoms with van der Waals surface area (Å²) in [5.74, 6) is 1.81. The van der Waals surface area contributed by atoms with E-state index >= 15 is 0 Å². The Kier molecular flexibility index (Phi) is 5.08. The lowest BCUT2D eigenvalue weighted by molar-refractivity contribution is 1.27. The van der Waals surface area contributed by atoms with Crippen molar-refractivity contribution in [1.29, 1.82) is 5.26 Å². The molecule has 11 heavy (non-hydrogen) atoms. The van der Waals surface area contributed by atoms with Crippen molar-refractivity contribution in [2.75, 3.05) is 5.83 Å². The van der Waals surface area contributed by atoms with Gasteiger partial charge in [-0.1, -0.05) is 15.9 Å². The van der Waals surface area contributed by atoms with Crippen LogP contribution in [-0.4, -0.2) is 10.2 Å². The zero-order valence-corrected chi connectivity index (χ0v) is 9.08. The van der Waals surface area contributed by atoms with Gasteiger partial charge in [-0.15, -0.1) is 0 Å². The van der Waals surface area contributed by atoms with E-state index in [4.69, 9.17) is 5.26 Å². The van der Waals surface area contributed by atoms with Crippen LogP contribution in [0.5, 0.6) is 0 Å². The normalized spacial score (nSPS) is 7.91. The molecule has 60 valence electrons. The standard InChI is InChI=1S/C6H6N2S.CH3Br/c1-4-5(2)8-9-6(4)3-7;1-2/h1-2H3;1H3. The number of nitrogens with zero attached hydrogens (tertiary/aromatic N) is 2. The van der Waals surface area contributed by atoms with E-state index in [0.29, 0.717) is 0 Å². The van der Waals surface area contributed by atoms with Crippen LogP contribution in [-0.2, 0) is 0 Å². The van der Waals surface area contributed by atoms with Crippen LogP contribution in [0.15, 0.2) is 0 Å². The van der Waals surface area contributed by atoms with E-state index in [9.17, 15) is 0 Å². The molecule has 0 radical (unpaired) electrons. The number of nitriles is 1. The fourth-order valence-corrected chi connectivity index (χ4v) is 1.21. The SMILES string of the molecule is CBr.Cc1nsc(C#N)c1C. The summed E-state index contributed by atoms with van der Waals surface area (Å²) in [6, 6.07) is 2.07. The molecule has 1 aromatic heterocycles. The van der Waals surface area contributed by atoms with Gasteiger partial charge in [-0.05, 0) is 31.2 Å². The molecule has 0 bridgehead atoms. The van der Waals surface area contributed by atoms with Crippen molar-refractivity contribution in [3.05, 3.63) is 16.1 Å². The molecule has 0 atom stereocenters. The van der Waals surface area contributed by atoms with E-state index in [-0.39, 0.29) is 0 Å². The fourth-order valence-electron chi connectivity index (χ4n) is 0.520. The Bertz CT molecular complexity index is 262. The predicted molar refractivity (Wildman–Crippen MR) is 51.2 cm³/mol. The Balaban J connectivity index is 0.000000461. The fraction of sp³-hybridized carbons (Fsp3) is 0.429. The van der Waals surface area contributed by atoms with Gasteiger partial charge in [0.15, 0.2) is 0 Å². The third-order valence-corrected chi connectivity index (χ3v) is 2.20. The van der Waals surface area contributed by atoms with Gasteiger partial charge in [-0.25, -0.2) is 0 Å². The van der Waals surface area contributed by atoms with Crippen molar-refractivity contribution in [3.8, 4) is 6.07 Å². The number of aromatic nitrogens is 1. The third kappa shape index (κ3) is 2.60. The molecule has 1 rings (SSSR count). The topological polar surface area (TPSA) is 36.7 Å². The van der Waals surface area contributed by atoms with Crippen LogP contribution in [0.25, 0.3) is 0 Å². The highest BCUT2D eigenvalue weighted by Crippen LogP contribution is 2.14. The van der Waals surface area contributed by atoms with Crippen molar-refractivity contribution < 1.29 is 0 Å². The summed E-state index contributed by atoms with van der Waals surface area (Å²) in [6.07, 6.45) is 0. The van der Waals surface area contributed by atoms with Crippen LogP contribution in [0.1, 0.15) is 16.1 Å². The quantitative estimate of drug-likeness (QED) is 0.646. The highest BCUT2D eigenvalue weighted by molar-refractivity contribution is 9.08. The summed E-state index contributed by atoms with van der Waals surface area (Å²) in [6.45, 7) is 3.82. The number of halogens is 1. The average Bonchev–Trinajstić information content (AvgIpc) is 2.37. The van der Waals surface area contributed by atoms with Crippen molar-refractivity contribution in [2.24, 2.45) is 0 Å². The number of rotatable bonds is 0. The molecule has 0 spiro atoms. The molecule has 0 saturated heterocycles. The van der Waals surface area contributed by atoms with Crippen molar-refractivity contribution >= 4 is 27.5 Å². The monoisotopic (exact) mass is 232 g/mol. The van der Waals surface area contributed by atoms with E-state index < -0.39 is 0 Å². The number of hydrogen-bond donors (Lipinski definition) is 0. The lowest BCUT2D eigenvalue weighted by atomic mass is 10.2. The maximum absolute atomic E-state index is 8.45. The molecule has 0 fully saturated rings. The smallest absolute Gasteiger partial charge is 0.128 e. The molecule has 2 nitrogen and oxygen atoms in total. The molecule has 0 aliphatic carbocycles. The molecular weight excluding hydrogens is 224 g/mol. The third-order valence-electron chi connectivity index (χ3n) is 1.26. The van der Waals surface area contributed by atoms with Crippen molar-refractivity contribution in [3.63, 3.8) is 0 Å². The van der Waals surface area contributed by atoms with E-state index in [0.717, 1.165) is 16.1 Å². The summed E-state index contributed by atoms with van der Waals surface area (Å²) in [5.41, 5.74) is 1.99. The zero-order valence-electron chi connectivity index (χ0n) is 6.68. The summed E-state index contributed by atoms with van der Waals surface area (Å²) in [4.78, 5) is 0.729. The second-order valence-corrected chi connectivity index (χ2v) is 2.61. The van der Waals surface area contributed by atoms with Gasteiger partial charge in [0.2, 0.25) is 0 Å². The van der Waals surface area contributed by atoms with Crippen LogP contribution >= 0.6 is 27.5 Å². The predicted octanol–water partition coefficient (Wildman–Crippen LogP) is 2.64. The Morgan fingerprint density at radius 3 is 2.18 bits per heavy atom. The van der Waals surface area contributed by atoms with Gasteiger partial charge < -0.3 is 0 Å². The minimum Gasteiger partial charge on any atom is -0.196 e. The van der Waals surface area contributed by atoms with Crippen molar-refractivity contribution in [2.45, 2.75) is 13.8 Å². The Morgan fingerprint density at radius 1 is 1.45 bits per heavy atom. The molecule has 1 aromatic rings. The van der Waals surface area contributed by atoms with Crippen molar-refractivity contribution in [1.82, 2.24) is 4.37 Å². The van der Waals surface area contributed by atoms with Gasteiger partial charge in [0.05, 0.1) is 5.69 Å². The molecule has 4 heteroatoms. The van der Waals surface area contributed by atoms with E-state index in [1.54, 1.807) is 0 Å². The highest BCUT2D eigenvalue weighted by Gasteiger charge is 2.02. The lowest BCUT2D eigenvalue weighted by Crippen LogP contribution is -1.74. The summed E-state index contributed by atoms with van der Waals surface area (Å²) >= 11 is 4.20. The van der Waals surface area contributed by atoms with Gasteiger partial charge in [0.1, 0.15) is 10.9 Å². The minimum absolute atomic E-state index is 0.729. The second kappa shape index (κ2) is 5.28. The second-order valence-electron chi connectivity index (χ2n) is 1.83. The molecule has 0 aliphatic heterocycles. The van der Waals surface area contributed by atoms with Crippen LogP contribution in [0.2, 0.25) is 0 Å². The molecule has 0 amide bonds. The molecule has 1 heterocycles. The maximum atomic E-state index is 8.45. The van der Waals surface area contributed by atoms with Crippen LogP contribution < -0.4 is 0 Å². The first-order valence-corrected chi connectivity index (χ1v) is 5.32. The first kappa shape index (κ1) is 10.6. The van der Waals surface area contributed by atoms with Gasteiger partial charge in [-0.2, -0.15) is 9.64 Å². The van der Waals surface area contributed by atoms with Gasteiger partial charge in [0.25, 0.3) is 0 Å². The first-order chi connectivity index (χ1) is 5.25. The first-order valence-electron chi connectivity index (χ1n) is 2.96. The summed E-state index contributed by atoms with van der Waals surface area (Å²) < 4.78 is 4.01. The van der Waals surface area contributed by atoms with E-state index in [1.165, 1.54) is 11.5 Å². The summed E-state index contributed by atoms with van der Waals surface area (Å²) in [7, 11) is 0. The van der Waals surface area contributed by atoms with E-state index in [1.807, 2.05) is 19.7 Å². The van der Waals surface area contributed by atoms with Crippen LogP contribution in [0, 0.1) is 25.2 Å². The number of aryl methyl sites for hydroxylation is 1. The zero-order chi connectivity index (χ0) is 8.85. The maximum Gasteiger partial charge on any atom is 0.128 e. The molecule has 0 N–H and O–H groups in total. The Hall–Kier alpha value is -0.400. The molecular formula is C7H9BrN2S. The molecule has 0 aliphatic rings. The lowest BCUT2D eigenvalue weighted by Gasteiger charge is -1.81. The van der Waals surface area contributed by atoms with E-state index in [2.05, 4.69) is 26.4 Å². The Labute approximate surface area is 79.2 Å².